The molecule has 0 spiro atoms. The first-order valence-corrected chi connectivity index (χ1v) is 12.5. The van der Waals surface area contributed by atoms with E-state index in [2.05, 4.69) is 26.0 Å². The molecule has 3 saturated carbocycles. The van der Waals surface area contributed by atoms with Crippen LogP contribution in [0.2, 0.25) is 0 Å². The normalized spacial score (nSPS) is 41.3. The van der Waals surface area contributed by atoms with Crippen molar-refractivity contribution in [3.05, 3.63) is 23.3 Å². The molecule has 3 rings (SSSR count). The van der Waals surface area contributed by atoms with Gasteiger partial charge in [0.05, 0.1) is 17.8 Å². The average Bonchev–Trinajstić information content (AvgIpc) is 3.00. The maximum absolute atomic E-state index is 10.2. The zero-order valence-corrected chi connectivity index (χ0v) is 20.0. The number of aliphatic hydroxyl groups excluding tert-OH is 2. The number of hydrogen-bond acceptors (Lipinski definition) is 3. The van der Waals surface area contributed by atoms with E-state index in [9.17, 15) is 15.3 Å². The maximum atomic E-state index is 10.2. The second-order valence-corrected chi connectivity index (χ2v) is 11.7. The van der Waals surface area contributed by atoms with Crippen molar-refractivity contribution in [3.8, 4) is 0 Å². The molecule has 0 radical (unpaired) electrons. The summed E-state index contributed by atoms with van der Waals surface area (Å²) in [6.07, 6.45) is 14.8. The van der Waals surface area contributed by atoms with Gasteiger partial charge in [-0.1, -0.05) is 56.9 Å². The summed E-state index contributed by atoms with van der Waals surface area (Å²) in [7, 11) is 0. The van der Waals surface area contributed by atoms with Crippen molar-refractivity contribution in [1.82, 2.24) is 0 Å². The second-order valence-electron chi connectivity index (χ2n) is 11.7. The highest BCUT2D eigenvalue weighted by Crippen LogP contribution is 2.60. The molecule has 0 heterocycles. The van der Waals surface area contributed by atoms with Crippen molar-refractivity contribution in [3.63, 3.8) is 0 Å². The Morgan fingerprint density at radius 3 is 2.43 bits per heavy atom. The van der Waals surface area contributed by atoms with Gasteiger partial charge in [-0.15, -0.1) is 0 Å². The van der Waals surface area contributed by atoms with Crippen LogP contribution in [-0.4, -0.2) is 33.1 Å². The van der Waals surface area contributed by atoms with E-state index in [0.717, 1.165) is 18.8 Å². The molecule has 3 N–H and O–H groups in total. The van der Waals surface area contributed by atoms with E-state index >= 15 is 0 Å². The first-order chi connectivity index (χ1) is 14.0. The molecule has 2 unspecified atom stereocenters. The molecule has 7 atom stereocenters. The molecule has 3 fully saturated rings. The fourth-order valence-electron chi connectivity index (χ4n) is 6.88. The Hall–Kier alpha value is -0.640. The molecule has 0 aromatic rings. The molecule has 3 nitrogen and oxygen atoms in total. The highest BCUT2D eigenvalue weighted by molar-refractivity contribution is 5.26. The van der Waals surface area contributed by atoms with Crippen LogP contribution in [0.1, 0.15) is 98.8 Å². The predicted octanol–water partition coefficient (Wildman–Crippen LogP) is 5.78. The molecular weight excluding hydrogens is 372 g/mol. The van der Waals surface area contributed by atoms with Gasteiger partial charge in [0.2, 0.25) is 0 Å². The lowest BCUT2D eigenvalue weighted by Gasteiger charge is -2.44. The third kappa shape index (κ3) is 5.40. The molecule has 3 heteroatoms. The van der Waals surface area contributed by atoms with Gasteiger partial charge >= 0.3 is 0 Å². The number of hydrogen-bond donors (Lipinski definition) is 3. The van der Waals surface area contributed by atoms with Crippen molar-refractivity contribution >= 4 is 0 Å². The lowest BCUT2D eigenvalue weighted by Crippen LogP contribution is -2.36. The third-order valence-electron chi connectivity index (χ3n) is 8.86. The molecule has 0 saturated heterocycles. The summed E-state index contributed by atoms with van der Waals surface area (Å²) in [5.74, 6) is 2.15. The van der Waals surface area contributed by atoms with E-state index in [1.165, 1.54) is 44.1 Å². The second kappa shape index (κ2) is 9.46. The van der Waals surface area contributed by atoms with Crippen LogP contribution in [0.4, 0.5) is 0 Å². The summed E-state index contributed by atoms with van der Waals surface area (Å²) < 4.78 is 0. The molecule has 0 aromatic carbocycles. The van der Waals surface area contributed by atoms with Crippen LogP contribution >= 0.6 is 0 Å². The third-order valence-corrected chi connectivity index (χ3v) is 8.86. The monoisotopic (exact) mass is 418 g/mol. The van der Waals surface area contributed by atoms with Crippen LogP contribution in [0.5, 0.6) is 0 Å². The van der Waals surface area contributed by atoms with E-state index in [1.54, 1.807) is 5.57 Å². The van der Waals surface area contributed by atoms with E-state index in [4.69, 9.17) is 0 Å². The summed E-state index contributed by atoms with van der Waals surface area (Å²) in [4.78, 5) is 0. The van der Waals surface area contributed by atoms with Gasteiger partial charge in [0.15, 0.2) is 0 Å². The van der Waals surface area contributed by atoms with Crippen LogP contribution < -0.4 is 0 Å². The number of rotatable bonds is 6. The van der Waals surface area contributed by atoms with E-state index in [0.29, 0.717) is 30.1 Å². The molecule has 30 heavy (non-hydrogen) atoms. The van der Waals surface area contributed by atoms with Crippen LogP contribution in [0.15, 0.2) is 23.3 Å². The average molecular weight is 419 g/mol. The molecule has 3 aliphatic carbocycles. The fourth-order valence-corrected chi connectivity index (χ4v) is 6.88. The molecule has 0 aliphatic heterocycles. The summed E-state index contributed by atoms with van der Waals surface area (Å²) >= 11 is 0. The first kappa shape index (κ1) is 24.0. The Bertz CT molecular complexity index is 629. The zero-order valence-electron chi connectivity index (χ0n) is 20.0. The van der Waals surface area contributed by atoms with E-state index < -0.39 is 17.8 Å². The summed E-state index contributed by atoms with van der Waals surface area (Å²) in [6.45, 7) is 10.8. The zero-order chi connectivity index (χ0) is 22.1. The van der Waals surface area contributed by atoms with Crippen LogP contribution in [-0.2, 0) is 0 Å². The van der Waals surface area contributed by atoms with Gasteiger partial charge in [0, 0.05) is 5.92 Å². The predicted molar refractivity (Wildman–Crippen MR) is 124 cm³/mol. The summed E-state index contributed by atoms with van der Waals surface area (Å²) in [5.41, 5.74) is 2.65. The Morgan fingerprint density at radius 2 is 1.80 bits per heavy atom. The van der Waals surface area contributed by atoms with Gasteiger partial charge in [-0.3, -0.25) is 0 Å². The fraction of sp³-hybridized carbons (Fsp3) is 0.852. The summed E-state index contributed by atoms with van der Waals surface area (Å²) in [6, 6.07) is 0. The van der Waals surface area contributed by atoms with Gasteiger partial charge in [0.25, 0.3) is 0 Å². The number of fused-ring (bicyclic) bond motifs is 1. The van der Waals surface area contributed by atoms with Gasteiger partial charge in [-0.25, -0.2) is 0 Å². The SMILES string of the molecule is CC1C(O)CC(=C/C=C2\CCC[C@]3(C)[C@@H]([C@@H](C)CCCC(C)(C)O)CC[C@@H]23)C[C@H]1O. The maximum Gasteiger partial charge on any atom is 0.0627 e. The van der Waals surface area contributed by atoms with E-state index in [1.807, 2.05) is 20.8 Å². The number of aliphatic hydroxyl groups is 3. The van der Waals surface area contributed by atoms with Gasteiger partial charge in [0.1, 0.15) is 0 Å². The smallest absolute Gasteiger partial charge is 0.0627 e. The van der Waals surface area contributed by atoms with Crippen LogP contribution in [0.25, 0.3) is 0 Å². The highest BCUT2D eigenvalue weighted by Gasteiger charge is 2.50. The molecule has 3 aliphatic rings. The standard InChI is InChI=1S/C27H46O3/c1-18(8-6-14-26(3,4)30)22-12-13-23-21(9-7-15-27(22,23)5)11-10-20-16-24(28)19(2)25(29)17-20/h10-11,18-19,22-25,28-30H,6-9,12-17H2,1-5H3/b20-10?,21-11+/t18-,19?,22+,23-,24+,25?,27+/m0/s1. The Kier molecular flexibility index (Phi) is 7.58. The van der Waals surface area contributed by atoms with Crippen molar-refractivity contribution in [1.29, 1.82) is 0 Å². The molecule has 0 aromatic heterocycles. The number of allylic oxidation sites excluding steroid dienone is 3. The molecular formula is C27H46O3. The lowest BCUT2D eigenvalue weighted by atomic mass is 9.60. The molecule has 0 amide bonds. The van der Waals surface area contributed by atoms with Gasteiger partial charge in [-0.05, 0) is 88.4 Å². The van der Waals surface area contributed by atoms with Crippen molar-refractivity contribution in [2.45, 2.75) is 117 Å². The Balaban J connectivity index is 1.67. The highest BCUT2D eigenvalue weighted by atomic mass is 16.3. The molecule has 0 bridgehead atoms. The minimum atomic E-state index is -0.547. The topological polar surface area (TPSA) is 60.7 Å². The van der Waals surface area contributed by atoms with Crippen LogP contribution in [0.3, 0.4) is 0 Å². The van der Waals surface area contributed by atoms with Gasteiger partial charge in [-0.2, -0.15) is 0 Å². The largest absolute Gasteiger partial charge is 0.392 e. The van der Waals surface area contributed by atoms with Crippen molar-refractivity contribution in [2.75, 3.05) is 0 Å². The lowest BCUT2D eigenvalue weighted by molar-refractivity contribution is 0.00406. The minimum Gasteiger partial charge on any atom is -0.392 e. The summed E-state index contributed by atoms with van der Waals surface area (Å²) in [5, 5.41) is 30.5. The van der Waals surface area contributed by atoms with Crippen LogP contribution in [0, 0.1) is 29.1 Å². The van der Waals surface area contributed by atoms with Crippen molar-refractivity contribution < 1.29 is 15.3 Å². The minimum absolute atomic E-state index is 0.0266. The van der Waals surface area contributed by atoms with E-state index in [-0.39, 0.29) is 5.92 Å². The van der Waals surface area contributed by atoms with Gasteiger partial charge < -0.3 is 15.3 Å². The quantitative estimate of drug-likeness (QED) is 0.512. The first-order valence-electron chi connectivity index (χ1n) is 12.5. The molecule has 172 valence electrons. The Labute approximate surface area is 184 Å². The Morgan fingerprint density at radius 1 is 1.13 bits per heavy atom. The van der Waals surface area contributed by atoms with Crippen molar-refractivity contribution in [2.24, 2.45) is 29.1 Å².